The zero-order chi connectivity index (χ0) is 14.6. The van der Waals surface area contributed by atoms with Gasteiger partial charge >= 0.3 is 0 Å². The zero-order valence-electron chi connectivity index (χ0n) is 11.6. The van der Waals surface area contributed by atoms with Gasteiger partial charge in [-0.15, -0.1) is 0 Å². The van der Waals surface area contributed by atoms with Gasteiger partial charge in [0.1, 0.15) is 0 Å². The second kappa shape index (κ2) is 6.17. The molecule has 3 N–H and O–H groups in total. The average Bonchev–Trinajstić information content (AvgIpc) is 3.24. The fourth-order valence-electron chi connectivity index (χ4n) is 2.02. The van der Waals surface area contributed by atoms with Gasteiger partial charge in [0.05, 0.1) is 0 Å². The molecule has 1 saturated carbocycles. The summed E-state index contributed by atoms with van der Waals surface area (Å²) in [6.45, 7) is 1.45. The lowest BCUT2D eigenvalue weighted by molar-refractivity contribution is 0.173. The first-order chi connectivity index (χ1) is 9.51. The number of aromatic nitrogens is 1. The Hall–Kier alpha value is -1.02. The van der Waals surface area contributed by atoms with Gasteiger partial charge in [-0.2, -0.15) is 0 Å². The molecule has 20 heavy (non-hydrogen) atoms. The Morgan fingerprint density at radius 1 is 1.45 bits per heavy atom. The molecule has 1 aliphatic carbocycles. The molecule has 1 aromatic heterocycles. The van der Waals surface area contributed by atoms with Crippen LogP contribution in [0, 0.1) is 5.41 Å². The molecule has 0 radical (unpaired) electrons. The second-order valence-electron chi connectivity index (χ2n) is 5.28. The lowest BCUT2D eigenvalue weighted by atomic mass is 10.0. The van der Waals surface area contributed by atoms with E-state index in [-0.39, 0.29) is 10.4 Å². The first kappa shape index (κ1) is 15.4. The van der Waals surface area contributed by atoms with Crippen molar-refractivity contribution in [1.29, 1.82) is 0 Å². The van der Waals surface area contributed by atoms with Crippen molar-refractivity contribution in [2.24, 2.45) is 11.1 Å². The van der Waals surface area contributed by atoms with Crippen LogP contribution in [0.15, 0.2) is 23.4 Å². The van der Waals surface area contributed by atoms with E-state index in [1.54, 1.807) is 13.2 Å². The molecule has 0 aromatic carbocycles. The number of methoxy groups -OCH3 is 1. The molecule has 112 valence electrons. The van der Waals surface area contributed by atoms with Gasteiger partial charge < -0.3 is 10.5 Å². The number of hydrogen-bond donors (Lipinski definition) is 2. The quantitative estimate of drug-likeness (QED) is 0.734. The third-order valence-electron chi connectivity index (χ3n) is 3.74. The molecule has 6 nitrogen and oxygen atoms in total. The van der Waals surface area contributed by atoms with E-state index in [9.17, 15) is 8.42 Å². The van der Waals surface area contributed by atoms with Crippen LogP contribution in [-0.2, 0) is 21.3 Å². The summed E-state index contributed by atoms with van der Waals surface area (Å²) < 4.78 is 32.0. The standard InChI is InChI=1S/C13H21N3O3S/c1-19-7-6-13(4-5-13)10-16-20(17,18)12-3-2-11(8-14)9-15-12/h2-3,9,16H,4-8,10,14H2,1H3. The van der Waals surface area contributed by atoms with Crippen molar-refractivity contribution in [2.75, 3.05) is 20.3 Å². The van der Waals surface area contributed by atoms with Crippen LogP contribution in [0.4, 0.5) is 0 Å². The number of sulfonamides is 1. The van der Waals surface area contributed by atoms with Gasteiger partial charge in [0.15, 0.2) is 5.03 Å². The van der Waals surface area contributed by atoms with Crippen molar-refractivity contribution >= 4 is 10.0 Å². The van der Waals surface area contributed by atoms with Crippen molar-refractivity contribution in [3.8, 4) is 0 Å². The molecular weight excluding hydrogens is 278 g/mol. The molecule has 0 amide bonds. The summed E-state index contributed by atoms with van der Waals surface area (Å²) in [6.07, 6.45) is 4.45. The normalized spacial score (nSPS) is 17.1. The van der Waals surface area contributed by atoms with Gasteiger partial charge in [-0.1, -0.05) is 6.07 Å². The number of nitrogens with two attached hydrogens (primary N) is 1. The number of rotatable bonds is 8. The summed E-state index contributed by atoms with van der Waals surface area (Å²) in [6, 6.07) is 3.17. The van der Waals surface area contributed by atoms with Gasteiger partial charge in [0.25, 0.3) is 10.0 Å². The molecule has 1 fully saturated rings. The summed E-state index contributed by atoms with van der Waals surface area (Å²) in [4.78, 5) is 3.95. The molecule has 0 aliphatic heterocycles. The molecule has 1 heterocycles. The topological polar surface area (TPSA) is 94.3 Å². The van der Waals surface area contributed by atoms with Gasteiger partial charge in [-0.05, 0) is 36.3 Å². The highest BCUT2D eigenvalue weighted by Crippen LogP contribution is 2.48. The SMILES string of the molecule is COCCC1(CNS(=O)(=O)c2ccc(CN)cn2)CC1. The average molecular weight is 299 g/mol. The Bertz CT molecular complexity index is 538. The van der Waals surface area contributed by atoms with E-state index in [0.717, 1.165) is 24.8 Å². The molecule has 1 aromatic rings. The lowest BCUT2D eigenvalue weighted by Crippen LogP contribution is -2.31. The third kappa shape index (κ3) is 3.76. The summed E-state index contributed by atoms with van der Waals surface area (Å²) in [7, 11) is -1.89. The van der Waals surface area contributed by atoms with Gasteiger partial charge in [-0.3, -0.25) is 0 Å². The number of nitrogens with one attached hydrogen (secondary N) is 1. The lowest BCUT2D eigenvalue weighted by Gasteiger charge is -2.15. The maximum absolute atomic E-state index is 12.1. The van der Waals surface area contributed by atoms with E-state index in [1.807, 2.05) is 0 Å². The van der Waals surface area contributed by atoms with Crippen LogP contribution in [0.25, 0.3) is 0 Å². The number of pyridine rings is 1. The van der Waals surface area contributed by atoms with Gasteiger partial charge in [-0.25, -0.2) is 18.1 Å². The maximum atomic E-state index is 12.1. The monoisotopic (exact) mass is 299 g/mol. The van der Waals surface area contributed by atoms with Crippen LogP contribution in [0.1, 0.15) is 24.8 Å². The minimum Gasteiger partial charge on any atom is -0.385 e. The van der Waals surface area contributed by atoms with Crippen molar-refractivity contribution in [3.05, 3.63) is 23.9 Å². The van der Waals surface area contributed by atoms with Crippen LogP contribution in [-0.4, -0.2) is 33.7 Å². The molecule has 0 saturated heterocycles. The molecule has 0 bridgehead atoms. The highest BCUT2D eigenvalue weighted by Gasteiger charge is 2.42. The summed E-state index contributed by atoms with van der Waals surface area (Å²) in [5, 5.41) is 0.0391. The maximum Gasteiger partial charge on any atom is 0.258 e. The summed E-state index contributed by atoms with van der Waals surface area (Å²) in [5.41, 5.74) is 6.34. The van der Waals surface area contributed by atoms with Crippen LogP contribution in [0.2, 0.25) is 0 Å². The minimum atomic E-state index is -3.55. The largest absolute Gasteiger partial charge is 0.385 e. The molecule has 0 atom stereocenters. The highest BCUT2D eigenvalue weighted by atomic mass is 32.2. The molecule has 7 heteroatoms. The smallest absolute Gasteiger partial charge is 0.258 e. The number of ether oxygens (including phenoxy) is 1. The van der Waals surface area contributed by atoms with Crippen LogP contribution < -0.4 is 10.5 Å². The predicted molar refractivity (Wildman–Crippen MR) is 75.5 cm³/mol. The second-order valence-corrected chi connectivity index (χ2v) is 6.99. The molecule has 0 unspecified atom stereocenters. The van der Waals surface area contributed by atoms with E-state index in [1.165, 1.54) is 12.3 Å². The van der Waals surface area contributed by atoms with Crippen molar-refractivity contribution in [1.82, 2.24) is 9.71 Å². The van der Waals surface area contributed by atoms with Gasteiger partial charge in [0, 0.05) is 33.0 Å². The molecule has 2 rings (SSSR count). The number of hydrogen-bond acceptors (Lipinski definition) is 5. The predicted octanol–water partition coefficient (Wildman–Crippen LogP) is 0.635. The first-order valence-electron chi connectivity index (χ1n) is 6.65. The van der Waals surface area contributed by atoms with Crippen molar-refractivity contribution in [2.45, 2.75) is 30.8 Å². The Labute approximate surface area is 119 Å². The molecular formula is C13H21N3O3S. The van der Waals surface area contributed by atoms with Crippen LogP contribution in [0.5, 0.6) is 0 Å². The molecule has 1 aliphatic rings. The first-order valence-corrected chi connectivity index (χ1v) is 8.13. The van der Waals surface area contributed by atoms with E-state index < -0.39 is 10.0 Å². The Morgan fingerprint density at radius 2 is 2.20 bits per heavy atom. The minimum absolute atomic E-state index is 0.0391. The highest BCUT2D eigenvalue weighted by molar-refractivity contribution is 7.89. The van der Waals surface area contributed by atoms with Gasteiger partial charge in [0.2, 0.25) is 0 Å². The van der Waals surface area contributed by atoms with E-state index >= 15 is 0 Å². The fourth-order valence-corrected chi connectivity index (χ4v) is 3.11. The Kier molecular flexibility index (Phi) is 4.74. The van der Waals surface area contributed by atoms with E-state index in [2.05, 4.69) is 9.71 Å². The van der Waals surface area contributed by atoms with Crippen LogP contribution in [0.3, 0.4) is 0 Å². The van der Waals surface area contributed by atoms with E-state index in [4.69, 9.17) is 10.5 Å². The van der Waals surface area contributed by atoms with E-state index in [0.29, 0.717) is 19.7 Å². The molecule has 0 spiro atoms. The summed E-state index contributed by atoms with van der Waals surface area (Å²) >= 11 is 0. The van der Waals surface area contributed by atoms with Crippen LogP contribution >= 0.6 is 0 Å². The third-order valence-corrected chi connectivity index (χ3v) is 5.06. The number of nitrogens with zero attached hydrogens (tertiary/aromatic N) is 1. The van der Waals surface area contributed by atoms with Crippen molar-refractivity contribution < 1.29 is 13.2 Å². The zero-order valence-corrected chi connectivity index (χ0v) is 12.4. The summed E-state index contributed by atoms with van der Waals surface area (Å²) in [5.74, 6) is 0. The Balaban J connectivity index is 1.97. The fraction of sp³-hybridized carbons (Fsp3) is 0.615. The Morgan fingerprint density at radius 3 is 2.70 bits per heavy atom. The van der Waals surface area contributed by atoms with Crippen molar-refractivity contribution in [3.63, 3.8) is 0 Å².